The van der Waals surface area contributed by atoms with Gasteiger partial charge in [0.15, 0.2) is 6.61 Å². The predicted octanol–water partition coefficient (Wildman–Crippen LogP) is 3.27. The number of halogens is 1. The Morgan fingerprint density at radius 2 is 1.81 bits per heavy atom. The van der Waals surface area contributed by atoms with Gasteiger partial charge in [-0.15, -0.1) is 0 Å². The number of hydrogen-bond donors (Lipinski definition) is 1. The summed E-state index contributed by atoms with van der Waals surface area (Å²) in [5, 5.41) is 8.62. The Morgan fingerprint density at radius 3 is 2.41 bits per heavy atom. The van der Waals surface area contributed by atoms with Crippen molar-refractivity contribution in [1.82, 2.24) is 4.90 Å². The molecule has 1 fully saturated rings. The third-order valence-corrected chi connectivity index (χ3v) is 4.85. The highest BCUT2D eigenvalue weighted by Crippen LogP contribution is 2.50. The van der Waals surface area contributed by atoms with E-state index < -0.39 is 18.0 Å². The Hall–Kier alpha value is -2.89. The molecule has 1 saturated carbocycles. The van der Waals surface area contributed by atoms with E-state index >= 15 is 0 Å². The molecule has 1 N–H and O–H groups in total. The minimum atomic E-state index is -1.03. The van der Waals surface area contributed by atoms with Crippen molar-refractivity contribution in [1.29, 1.82) is 0 Å². The van der Waals surface area contributed by atoms with Crippen molar-refractivity contribution in [2.45, 2.75) is 25.8 Å². The quantitative estimate of drug-likeness (QED) is 0.773. The van der Waals surface area contributed by atoms with Gasteiger partial charge in [-0.05, 0) is 48.6 Å². The first kappa shape index (κ1) is 18.9. The molecule has 0 aliphatic heterocycles. The second-order valence-corrected chi connectivity index (χ2v) is 7.04. The first-order valence-corrected chi connectivity index (χ1v) is 8.82. The lowest BCUT2D eigenvalue weighted by Gasteiger charge is -2.24. The Balaban J connectivity index is 1.60. The maximum atomic E-state index is 13.9. The molecule has 0 unspecified atom stereocenters. The second-order valence-electron chi connectivity index (χ2n) is 7.04. The first-order valence-electron chi connectivity index (χ1n) is 8.82. The number of carboxylic acids is 1. The summed E-state index contributed by atoms with van der Waals surface area (Å²) in [6.07, 6.45) is 1.96. The van der Waals surface area contributed by atoms with Gasteiger partial charge in [-0.1, -0.05) is 30.3 Å². The molecule has 0 radical (unpaired) electrons. The largest absolute Gasteiger partial charge is 0.482 e. The van der Waals surface area contributed by atoms with Crippen molar-refractivity contribution in [3.8, 4) is 5.75 Å². The summed E-state index contributed by atoms with van der Waals surface area (Å²) in [6, 6.07) is 13.6. The SMILES string of the molecule is CN(Cc1ccc(OCC(=O)O)cc1)C(=O)C1(Cc2ccccc2F)CC1. The molecule has 1 aliphatic carbocycles. The van der Waals surface area contributed by atoms with Gasteiger partial charge in [0.25, 0.3) is 0 Å². The van der Waals surface area contributed by atoms with Gasteiger partial charge in [0.2, 0.25) is 5.91 Å². The molecular formula is C21H22FNO4. The van der Waals surface area contributed by atoms with Crippen LogP contribution in [0.15, 0.2) is 48.5 Å². The molecule has 1 aliphatic rings. The van der Waals surface area contributed by atoms with Crippen molar-refractivity contribution in [3.05, 3.63) is 65.5 Å². The minimum Gasteiger partial charge on any atom is -0.482 e. The van der Waals surface area contributed by atoms with Crippen LogP contribution in [-0.4, -0.2) is 35.5 Å². The number of carbonyl (C=O) groups is 2. The smallest absolute Gasteiger partial charge is 0.341 e. The number of carboxylic acid groups (broad SMARTS) is 1. The van der Waals surface area contributed by atoms with Crippen LogP contribution >= 0.6 is 0 Å². The molecule has 2 aromatic rings. The fraction of sp³-hybridized carbons (Fsp3) is 0.333. The number of hydrogen-bond acceptors (Lipinski definition) is 3. The van der Waals surface area contributed by atoms with Crippen molar-refractivity contribution < 1.29 is 23.8 Å². The van der Waals surface area contributed by atoms with E-state index in [0.29, 0.717) is 24.3 Å². The van der Waals surface area contributed by atoms with E-state index in [9.17, 15) is 14.0 Å². The summed E-state index contributed by atoms with van der Waals surface area (Å²) in [5.41, 5.74) is 0.994. The number of rotatable bonds is 8. The maximum Gasteiger partial charge on any atom is 0.341 e. The lowest BCUT2D eigenvalue weighted by atomic mass is 9.94. The van der Waals surface area contributed by atoms with Gasteiger partial charge in [0.05, 0.1) is 5.41 Å². The van der Waals surface area contributed by atoms with E-state index in [1.54, 1.807) is 54.4 Å². The number of amides is 1. The molecule has 5 nitrogen and oxygen atoms in total. The van der Waals surface area contributed by atoms with Gasteiger partial charge in [-0.3, -0.25) is 4.79 Å². The number of benzene rings is 2. The van der Waals surface area contributed by atoms with Gasteiger partial charge in [-0.2, -0.15) is 0 Å². The summed E-state index contributed by atoms with van der Waals surface area (Å²) in [6.45, 7) is 0.0351. The average Bonchev–Trinajstić information content (AvgIpc) is 3.43. The van der Waals surface area contributed by atoms with Crippen molar-refractivity contribution in [3.63, 3.8) is 0 Å². The topological polar surface area (TPSA) is 66.8 Å². The molecule has 0 saturated heterocycles. The zero-order chi connectivity index (χ0) is 19.4. The Kier molecular flexibility index (Phi) is 5.44. The molecule has 0 bridgehead atoms. The molecule has 1 amide bonds. The van der Waals surface area contributed by atoms with E-state index in [4.69, 9.17) is 9.84 Å². The standard InChI is InChI=1S/C21H22FNO4/c1-23(13-15-6-8-17(9-7-15)27-14-19(24)25)20(26)21(10-11-21)12-16-4-2-3-5-18(16)22/h2-9H,10-14H2,1H3,(H,24,25). The third-order valence-electron chi connectivity index (χ3n) is 4.85. The highest BCUT2D eigenvalue weighted by Gasteiger charge is 2.51. The lowest BCUT2D eigenvalue weighted by Crippen LogP contribution is -2.35. The van der Waals surface area contributed by atoms with E-state index in [1.165, 1.54) is 6.07 Å². The lowest BCUT2D eigenvalue weighted by molar-refractivity contribution is -0.139. The summed E-state index contributed by atoms with van der Waals surface area (Å²) in [7, 11) is 1.75. The van der Waals surface area contributed by atoms with Crippen LogP contribution in [0.4, 0.5) is 4.39 Å². The number of ether oxygens (including phenoxy) is 1. The maximum absolute atomic E-state index is 13.9. The van der Waals surface area contributed by atoms with E-state index in [1.807, 2.05) is 0 Å². The second kappa shape index (κ2) is 7.78. The van der Waals surface area contributed by atoms with Gasteiger partial charge < -0.3 is 14.7 Å². The molecular weight excluding hydrogens is 349 g/mol. The first-order chi connectivity index (χ1) is 12.9. The molecule has 2 aromatic carbocycles. The number of aliphatic carboxylic acids is 1. The number of nitrogens with zero attached hydrogens (tertiary/aromatic N) is 1. The Labute approximate surface area is 157 Å². The summed E-state index contributed by atoms with van der Waals surface area (Å²) >= 11 is 0. The van der Waals surface area contributed by atoms with Crippen LogP contribution in [0.3, 0.4) is 0 Å². The summed E-state index contributed by atoms with van der Waals surface area (Å²) < 4.78 is 19.0. The normalized spacial score (nSPS) is 14.4. The van der Waals surface area contributed by atoms with Crippen molar-refractivity contribution >= 4 is 11.9 Å². The molecule has 0 atom stereocenters. The van der Waals surface area contributed by atoms with E-state index in [0.717, 1.165) is 18.4 Å². The molecule has 6 heteroatoms. The van der Waals surface area contributed by atoms with Crippen LogP contribution in [0, 0.1) is 11.2 Å². The molecule has 0 spiro atoms. The third kappa shape index (κ3) is 4.64. The average molecular weight is 371 g/mol. The van der Waals surface area contributed by atoms with Crippen LogP contribution in [0.5, 0.6) is 5.75 Å². The zero-order valence-electron chi connectivity index (χ0n) is 15.2. The summed E-state index contributed by atoms with van der Waals surface area (Å²) in [4.78, 5) is 25.1. The zero-order valence-corrected chi connectivity index (χ0v) is 15.2. The van der Waals surface area contributed by atoms with Gasteiger partial charge in [0.1, 0.15) is 11.6 Å². The molecule has 142 valence electrons. The van der Waals surface area contributed by atoms with E-state index in [2.05, 4.69) is 0 Å². The van der Waals surface area contributed by atoms with Crippen molar-refractivity contribution in [2.75, 3.05) is 13.7 Å². The highest BCUT2D eigenvalue weighted by molar-refractivity contribution is 5.85. The fourth-order valence-corrected chi connectivity index (χ4v) is 3.21. The van der Waals surface area contributed by atoms with Crippen LogP contribution in [0.2, 0.25) is 0 Å². The van der Waals surface area contributed by atoms with E-state index in [-0.39, 0.29) is 11.7 Å². The Morgan fingerprint density at radius 1 is 1.15 bits per heavy atom. The van der Waals surface area contributed by atoms with Gasteiger partial charge in [0, 0.05) is 13.6 Å². The highest BCUT2D eigenvalue weighted by atomic mass is 19.1. The Bertz CT molecular complexity index is 830. The fourth-order valence-electron chi connectivity index (χ4n) is 3.21. The monoisotopic (exact) mass is 371 g/mol. The molecule has 0 aromatic heterocycles. The molecule has 0 heterocycles. The van der Waals surface area contributed by atoms with Crippen LogP contribution in [-0.2, 0) is 22.6 Å². The molecule has 3 rings (SSSR count). The predicted molar refractivity (Wildman–Crippen MR) is 97.8 cm³/mol. The van der Waals surface area contributed by atoms with Crippen LogP contribution in [0.25, 0.3) is 0 Å². The van der Waals surface area contributed by atoms with Crippen LogP contribution in [0.1, 0.15) is 24.0 Å². The number of carbonyl (C=O) groups excluding carboxylic acids is 1. The van der Waals surface area contributed by atoms with Crippen molar-refractivity contribution in [2.24, 2.45) is 5.41 Å². The van der Waals surface area contributed by atoms with Gasteiger partial charge in [-0.25, -0.2) is 9.18 Å². The van der Waals surface area contributed by atoms with Gasteiger partial charge >= 0.3 is 5.97 Å². The summed E-state index contributed by atoms with van der Waals surface area (Å²) in [5.74, 6) is -0.810. The van der Waals surface area contributed by atoms with Crippen LogP contribution < -0.4 is 4.74 Å². The minimum absolute atomic E-state index is 0.0250. The molecule has 27 heavy (non-hydrogen) atoms.